The molecule has 2 aromatic rings. The van der Waals surface area contributed by atoms with Crippen molar-refractivity contribution in [3.63, 3.8) is 0 Å². The third-order valence-electron chi connectivity index (χ3n) is 3.10. The van der Waals surface area contributed by atoms with Crippen LogP contribution in [-0.2, 0) is 0 Å². The first kappa shape index (κ1) is 15.1. The molecule has 0 radical (unpaired) electrons. The van der Waals surface area contributed by atoms with Crippen molar-refractivity contribution >= 4 is 15.9 Å². The summed E-state index contributed by atoms with van der Waals surface area (Å²) in [5.74, 6) is -0.213. The van der Waals surface area contributed by atoms with E-state index < -0.39 is 0 Å². The third kappa shape index (κ3) is 3.64. The molecule has 0 fully saturated rings. The smallest absolute Gasteiger partial charge is 0.129 e. The minimum atomic E-state index is -0.213. The van der Waals surface area contributed by atoms with Crippen LogP contribution in [0.3, 0.4) is 0 Å². The van der Waals surface area contributed by atoms with Crippen LogP contribution >= 0.6 is 15.9 Å². The number of nitrogens with zero attached hydrogens (tertiary/aromatic N) is 1. The molecule has 0 aliphatic heterocycles. The Labute approximate surface area is 127 Å². The first-order valence-corrected chi connectivity index (χ1v) is 7.51. The Kier molecular flexibility index (Phi) is 5.26. The SMILES string of the molecule is CCCNC(c1cncc(C)c1)c1ccc(Br)cc1F. The lowest BCUT2D eigenvalue weighted by atomic mass is 9.98. The van der Waals surface area contributed by atoms with Crippen LogP contribution in [-0.4, -0.2) is 11.5 Å². The van der Waals surface area contributed by atoms with Crippen molar-refractivity contribution in [3.05, 3.63) is 63.6 Å². The maximum absolute atomic E-state index is 14.2. The summed E-state index contributed by atoms with van der Waals surface area (Å²) in [7, 11) is 0. The molecule has 0 bridgehead atoms. The molecular weight excluding hydrogens is 319 g/mol. The Hall–Kier alpha value is -1.26. The normalized spacial score (nSPS) is 12.4. The summed E-state index contributed by atoms with van der Waals surface area (Å²) < 4.78 is 15.0. The molecule has 0 aliphatic rings. The highest BCUT2D eigenvalue weighted by Crippen LogP contribution is 2.26. The molecule has 2 nitrogen and oxygen atoms in total. The topological polar surface area (TPSA) is 24.9 Å². The maximum Gasteiger partial charge on any atom is 0.129 e. The molecule has 4 heteroatoms. The van der Waals surface area contributed by atoms with E-state index in [-0.39, 0.29) is 11.9 Å². The Balaban J connectivity index is 2.41. The van der Waals surface area contributed by atoms with E-state index in [9.17, 15) is 4.39 Å². The van der Waals surface area contributed by atoms with E-state index in [1.54, 1.807) is 12.4 Å². The predicted molar refractivity (Wildman–Crippen MR) is 83.2 cm³/mol. The molecule has 0 amide bonds. The number of halogens is 2. The Morgan fingerprint density at radius 1 is 1.30 bits per heavy atom. The van der Waals surface area contributed by atoms with Crippen molar-refractivity contribution < 1.29 is 4.39 Å². The van der Waals surface area contributed by atoms with Gasteiger partial charge in [-0.25, -0.2) is 4.39 Å². The van der Waals surface area contributed by atoms with E-state index in [1.807, 2.05) is 25.1 Å². The summed E-state index contributed by atoms with van der Waals surface area (Å²) in [6.45, 7) is 4.91. The van der Waals surface area contributed by atoms with Gasteiger partial charge in [-0.3, -0.25) is 4.98 Å². The number of hydrogen-bond donors (Lipinski definition) is 1. The molecule has 0 aliphatic carbocycles. The van der Waals surface area contributed by atoms with Crippen LogP contribution in [0.15, 0.2) is 41.1 Å². The average molecular weight is 337 g/mol. The highest BCUT2D eigenvalue weighted by Gasteiger charge is 2.17. The van der Waals surface area contributed by atoms with Gasteiger partial charge in [0.05, 0.1) is 6.04 Å². The zero-order valence-corrected chi connectivity index (χ0v) is 13.2. The zero-order chi connectivity index (χ0) is 14.5. The number of rotatable bonds is 5. The van der Waals surface area contributed by atoms with Crippen LogP contribution in [0.25, 0.3) is 0 Å². The van der Waals surface area contributed by atoms with Gasteiger partial charge < -0.3 is 5.32 Å². The number of nitrogens with one attached hydrogen (secondary N) is 1. The van der Waals surface area contributed by atoms with Crippen LogP contribution in [0.1, 0.15) is 36.1 Å². The Morgan fingerprint density at radius 3 is 2.75 bits per heavy atom. The van der Waals surface area contributed by atoms with Crippen molar-refractivity contribution in [2.75, 3.05) is 6.54 Å². The van der Waals surface area contributed by atoms with Gasteiger partial charge in [-0.2, -0.15) is 0 Å². The minimum absolute atomic E-state index is 0.171. The van der Waals surface area contributed by atoms with E-state index in [0.717, 1.165) is 28.6 Å². The van der Waals surface area contributed by atoms with Crippen molar-refractivity contribution in [3.8, 4) is 0 Å². The van der Waals surface area contributed by atoms with Crippen LogP contribution in [0.2, 0.25) is 0 Å². The van der Waals surface area contributed by atoms with E-state index in [1.165, 1.54) is 6.07 Å². The number of pyridine rings is 1. The van der Waals surface area contributed by atoms with E-state index in [2.05, 4.69) is 33.2 Å². The second kappa shape index (κ2) is 6.95. The lowest BCUT2D eigenvalue weighted by Gasteiger charge is -2.20. The molecule has 0 saturated heterocycles. The van der Waals surface area contributed by atoms with Gasteiger partial charge in [-0.05, 0) is 43.1 Å². The van der Waals surface area contributed by atoms with Gasteiger partial charge in [-0.15, -0.1) is 0 Å². The fourth-order valence-corrected chi connectivity index (χ4v) is 2.50. The predicted octanol–water partition coefficient (Wildman–Crippen LogP) is 4.38. The summed E-state index contributed by atoms with van der Waals surface area (Å²) >= 11 is 3.29. The van der Waals surface area contributed by atoms with Gasteiger partial charge in [0.2, 0.25) is 0 Å². The lowest BCUT2D eigenvalue weighted by Crippen LogP contribution is -2.24. The maximum atomic E-state index is 14.2. The Morgan fingerprint density at radius 2 is 2.10 bits per heavy atom. The first-order chi connectivity index (χ1) is 9.61. The van der Waals surface area contributed by atoms with Crippen LogP contribution in [0.5, 0.6) is 0 Å². The summed E-state index contributed by atoms with van der Waals surface area (Å²) in [4.78, 5) is 4.21. The quantitative estimate of drug-likeness (QED) is 0.876. The van der Waals surface area contributed by atoms with Crippen LogP contribution < -0.4 is 5.32 Å². The lowest BCUT2D eigenvalue weighted by molar-refractivity contribution is 0.545. The molecule has 1 heterocycles. The molecule has 1 aromatic carbocycles. The summed E-state index contributed by atoms with van der Waals surface area (Å²) in [6, 6.07) is 7.05. The van der Waals surface area contributed by atoms with Crippen molar-refractivity contribution in [2.24, 2.45) is 0 Å². The molecule has 2 rings (SSSR count). The molecule has 1 unspecified atom stereocenters. The first-order valence-electron chi connectivity index (χ1n) is 6.71. The van der Waals surface area contributed by atoms with Crippen molar-refractivity contribution in [1.82, 2.24) is 10.3 Å². The monoisotopic (exact) mass is 336 g/mol. The second-order valence-electron chi connectivity index (χ2n) is 4.85. The fraction of sp³-hybridized carbons (Fsp3) is 0.312. The molecule has 20 heavy (non-hydrogen) atoms. The standard InChI is InChI=1S/C16H18BrFN2/c1-3-6-20-16(12-7-11(2)9-19-10-12)14-5-4-13(17)8-15(14)18/h4-5,7-10,16,20H,3,6H2,1-2H3. The van der Waals surface area contributed by atoms with E-state index >= 15 is 0 Å². The minimum Gasteiger partial charge on any atom is -0.306 e. The molecule has 0 spiro atoms. The van der Waals surface area contributed by atoms with Crippen molar-refractivity contribution in [2.45, 2.75) is 26.3 Å². The second-order valence-corrected chi connectivity index (χ2v) is 5.76. The summed E-state index contributed by atoms with van der Waals surface area (Å²) in [6.07, 6.45) is 4.59. The molecular formula is C16H18BrFN2. The largest absolute Gasteiger partial charge is 0.306 e. The molecule has 1 aromatic heterocycles. The molecule has 106 valence electrons. The number of aromatic nitrogens is 1. The summed E-state index contributed by atoms with van der Waals surface area (Å²) in [5, 5.41) is 3.39. The van der Waals surface area contributed by atoms with Crippen LogP contribution in [0.4, 0.5) is 4.39 Å². The highest BCUT2D eigenvalue weighted by molar-refractivity contribution is 9.10. The molecule has 0 saturated carbocycles. The van der Waals surface area contributed by atoms with Gasteiger partial charge in [0.15, 0.2) is 0 Å². The summed E-state index contributed by atoms with van der Waals surface area (Å²) in [5.41, 5.74) is 2.71. The Bertz CT molecular complexity index is 586. The van der Waals surface area contributed by atoms with Gasteiger partial charge >= 0.3 is 0 Å². The van der Waals surface area contributed by atoms with Crippen molar-refractivity contribution in [1.29, 1.82) is 0 Å². The van der Waals surface area contributed by atoms with Crippen LogP contribution in [0, 0.1) is 12.7 Å². The number of benzene rings is 1. The highest BCUT2D eigenvalue weighted by atomic mass is 79.9. The van der Waals surface area contributed by atoms with Gasteiger partial charge in [0.1, 0.15) is 5.82 Å². The number of hydrogen-bond acceptors (Lipinski definition) is 2. The molecule has 1 N–H and O–H groups in total. The van der Waals surface area contributed by atoms with Gasteiger partial charge in [0, 0.05) is 22.4 Å². The third-order valence-corrected chi connectivity index (χ3v) is 3.59. The van der Waals surface area contributed by atoms with Gasteiger partial charge in [-0.1, -0.05) is 35.0 Å². The average Bonchev–Trinajstić information content (AvgIpc) is 2.41. The zero-order valence-electron chi connectivity index (χ0n) is 11.7. The number of aryl methyl sites for hydroxylation is 1. The fourth-order valence-electron chi connectivity index (χ4n) is 2.17. The van der Waals surface area contributed by atoms with E-state index in [4.69, 9.17) is 0 Å². The molecule has 1 atom stereocenters. The van der Waals surface area contributed by atoms with Gasteiger partial charge in [0.25, 0.3) is 0 Å². The van der Waals surface area contributed by atoms with E-state index in [0.29, 0.717) is 5.56 Å².